The SMILES string of the molecule is CC(C)CCCNc1ccc2ncccc2c1[N+](=O)[O-]. The van der Waals surface area contributed by atoms with Crippen molar-refractivity contribution < 1.29 is 4.92 Å². The van der Waals surface area contributed by atoms with E-state index < -0.39 is 0 Å². The second kappa shape index (κ2) is 6.32. The number of pyridine rings is 1. The van der Waals surface area contributed by atoms with Crippen molar-refractivity contribution in [3.05, 3.63) is 40.6 Å². The number of fused-ring (bicyclic) bond motifs is 1. The molecule has 0 aliphatic rings. The summed E-state index contributed by atoms with van der Waals surface area (Å²) in [6.07, 6.45) is 3.75. The van der Waals surface area contributed by atoms with Crippen LogP contribution in [0.3, 0.4) is 0 Å². The molecule has 1 heterocycles. The predicted octanol–water partition coefficient (Wildman–Crippen LogP) is 3.99. The van der Waals surface area contributed by atoms with E-state index in [-0.39, 0.29) is 10.6 Å². The quantitative estimate of drug-likeness (QED) is 0.491. The van der Waals surface area contributed by atoms with Crippen LogP contribution >= 0.6 is 0 Å². The molecular formula is C15H19N3O2. The van der Waals surface area contributed by atoms with Crippen molar-refractivity contribution >= 4 is 22.3 Å². The third-order valence-electron chi connectivity index (χ3n) is 3.21. The Kier molecular flexibility index (Phi) is 4.50. The molecule has 0 amide bonds. The van der Waals surface area contributed by atoms with Gasteiger partial charge in [0.15, 0.2) is 0 Å². The predicted molar refractivity (Wildman–Crippen MR) is 81.0 cm³/mol. The van der Waals surface area contributed by atoms with Crippen LogP contribution in [0, 0.1) is 16.0 Å². The van der Waals surface area contributed by atoms with E-state index in [1.54, 1.807) is 24.4 Å². The van der Waals surface area contributed by atoms with E-state index in [9.17, 15) is 10.1 Å². The molecule has 0 bridgehead atoms. The number of nitro benzene ring substituents is 1. The molecular weight excluding hydrogens is 254 g/mol. The summed E-state index contributed by atoms with van der Waals surface area (Å²) in [7, 11) is 0. The van der Waals surface area contributed by atoms with Crippen molar-refractivity contribution in [2.75, 3.05) is 11.9 Å². The van der Waals surface area contributed by atoms with Crippen LogP contribution < -0.4 is 5.32 Å². The Morgan fingerprint density at radius 2 is 2.15 bits per heavy atom. The maximum atomic E-state index is 11.3. The molecule has 0 radical (unpaired) electrons. The molecule has 106 valence electrons. The minimum atomic E-state index is -0.338. The van der Waals surface area contributed by atoms with Gasteiger partial charge in [0, 0.05) is 12.7 Å². The van der Waals surface area contributed by atoms with E-state index in [0.29, 0.717) is 22.5 Å². The molecule has 0 unspecified atom stereocenters. The minimum Gasteiger partial charge on any atom is -0.379 e. The van der Waals surface area contributed by atoms with Gasteiger partial charge in [0.1, 0.15) is 5.69 Å². The lowest BCUT2D eigenvalue weighted by molar-refractivity contribution is -0.382. The normalized spacial score (nSPS) is 10.9. The molecule has 0 saturated heterocycles. The molecule has 1 N–H and O–H groups in total. The summed E-state index contributed by atoms with van der Waals surface area (Å²) in [5.41, 5.74) is 1.33. The summed E-state index contributed by atoms with van der Waals surface area (Å²) in [6.45, 7) is 5.08. The van der Waals surface area contributed by atoms with Gasteiger partial charge in [-0.1, -0.05) is 13.8 Å². The lowest BCUT2D eigenvalue weighted by Gasteiger charge is -2.09. The molecule has 0 fully saturated rings. The number of nitro groups is 1. The smallest absolute Gasteiger partial charge is 0.301 e. The third-order valence-corrected chi connectivity index (χ3v) is 3.21. The standard InChI is InChI=1S/C15H19N3O2/c1-11(2)5-3-9-17-14-8-7-13-12(6-4-10-16-13)15(14)18(19)20/h4,6-8,10-11,17H,3,5,9H2,1-2H3. The van der Waals surface area contributed by atoms with Crippen molar-refractivity contribution in [1.29, 1.82) is 0 Å². The third kappa shape index (κ3) is 3.23. The summed E-state index contributed by atoms with van der Waals surface area (Å²) < 4.78 is 0. The van der Waals surface area contributed by atoms with Crippen LogP contribution in [0.25, 0.3) is 10.9 Å². The van der Waals surface area contributed by atoms with Crippen molar-refractivity contribution in [3.63, 3.8) is 0 Å². The second-order valence-corrected chi connectivity index (χ2v) is 5.25. The fourth-order valence-corrected chi connectivity index (χ4v) is 2.21. The van der Waals surface area contributed by atoms with E-state index in [4.69, 9.17) is 0 Å². The highest BCUT2D eigenvalue weighted by molar-refractivity contribution is 5.94. The maximum Gasteiger partial charge on any atom is 0.301 e. The lowest BCUT2D eigenvalue weighted by atomic mass is 10.1. The molecule has 1 aromatic carbocycles. The zero-order valence-corrected chi connectivity index (χ0v) is 11.8. The first-order valence-electron chi connectivity index (χ1n) is 6.85. The molecule has 5 heteroatoms. The van der Waals surface area contributed by atoms with Crippen LogP contribution in [0.15, 0.2) is 30.5 Å². The van der Waals surface area contributed by atoms with E-state index in [0.717, 1.165) is 19.4 Å². The molecule has 20 heavy (non-hydrogen) atoms. The van der Waals surface area contributed by atoms with Gasteiger partial charge in [0.05, 0.1) is 15.8 Å². The van der Waals surface area contributed by atoms with Crippen molar-refractivity contribution in [1.82, 2.24) is 4.98 Å². The molecule has 0 saturated carbocycles. The Labute approximate surface area is 118 Å². The van der Waals surface area contributed by atoms with Crippen LogP contribution in [-0.2, 0) is 0 Å². The molecule has 5 nitrogen and oxygen atoms in total. The number of hydrogen-bond donors (Lipinski definition) is 1. The summed E-state index contributed by atoms with van der Waals surface area (Å²) >= 11 is 0. The molecule has 0 spiro atoms. The second-order valence-electron chi connectivity index (χ2n) is 5.25. The minimum absolute atomic E-state index is 0.111. The first-order chi connectivity index (χ1) is 9.59. The number of nitrogens with zero attached hydrogens (tertiary/aromatic N) is 2. The Morgan fingerprint density at radius 1 is 1.35 bits per heavy atom. The Balaban J connectivity index is 2.24. The topological polar surface area (TPSA) is 68.1 Å². The van der Waals surface area contributed by atoms with Gasteiger partial charge in [0.25, 0.3) is 0 Å². The average Bonchev–Trinajstić information content (AvgIpc) is 2.42. The summed E-state index contributed by atoms with van der Waals surface area (Å²) in [6, 6.07) is 7.01. The molecule has 1 aromatic heterocycles. The highest BCUT2D eigenvalue weighted by Crippen LogP contribution is 2.32. The van der Waals surface area contributed by atoms with E-state index in [1.807, 2.05) is 6.07 Å². The van der Waals surface area contributed by atoms with Crippen molar-refractivity contribution in [2.45, 2.75) is 26.7 Å². The fourth-order valence-electron chi connectivity index (χ4n) is 2.21. The fraction of sp³-hybridized carbons (Fsp3) is 0.400. The van der Waals surface area contributed by atoms with E-state index in [2.05, 4.69) is 24.1 Å². The zero-order valence-electron chi connectivity index (χ0n) is 11.8. The van der Waals surface area contributed by atoms with Crippen LogP contribution in [0.2, 0.25) is 0 Å². The number of aromatic nitrogens is 1. The van der Waals surface area contributed by atoms with E-state index in [1.165, 1.54) is 0 Å². The molecule has 2 rings (SSSR count). The number of hydrogen-bond acceptors (Lipinski definition) is 4. The molecule has 0 aliphatic heterocycles. The number of rotatable bonds is 6. The Hall–Kier alpha value is -2.17. The summed E-state index contributed by atoms with van der Waals surface area (Å²) in [5.74, 6) is 0.646. The number of benzene rings is 1. The molecule has 2 aromatic rings. The van der Waals surface area contributed by atoms with Crippen LogP contribution in [-0.4, -0.2) is 16.5 Å². The van der Waals surface area contributed by atoms with Gasteiger partial charge in [-0.15, -0.1) is 0 Å². The van der Waals surface area contributed by atoms with Gasteiger partial charge in [-0.25, -0.2) is 0 Å². The van der Waals surface area contributed by atoms with Gasteiger partial charge in [-0.2, -0.15) is 0 Å². The zero-order chi connectivity index (χ0) is 14.5. The Morgan fingerprint density at radius 3 is 2.85 bits per heavy atom. The van der Waals surface area contributed by atoms with Gasteiger partial charge in [-0.05, 0) is 43.0 Å². The van der Waals surface area contributed by atoms with Crippen LogP contribution in [0.4, 0.5) is 11.4 Å². The van der Waals surface area contributed by atoms with Gasteiger partial charge < -0.3 is 5.32 Å². The molecule has 0 atom stereocenters. The summed E-state index contributed by atoms with van der Waals surface area (Å²) in [4.78, 5) is 15.1. The first kappa shape index (κ1) is 14.2. The van der Waals surface area contributed by atoms with Gasteiger partial charge in [0.2, 0.25) is 0 Å². The van der Waals surface area contributed by atoms with Gasteiger partial charge in [-0.3, -0.25) is 15.1 Å². The van der Waals surface area contributed by atoms with E-state index >= 15 is 0 Å². The highest BCUT2D eigenvalue weighted by atomic mass is 16.6. The largest absolute Gasteiger partial charge is 0.379 e. The van der Waals surface area contributed by atoms with Crippen molar-refractivity contribution in [2.24, 2.45) is 5.92 Å². The molecule has 0 aliphatic carbocycles. The lowest BCUT2D eigenvalue weighted by Crippen LogP contribution is -2.06. The van der Waals surface area contributed by atoms with Crippen LogP contribution in [0.1, 0.15) is 26.7 Å². The monoisotopic (exact) mass is 273 g/mol. The van der Waals surface area contributed by atoms with Gasteiger partial charge >= 0.3 is 5.69 Å². The Bertz CT molecular complexity index is 611. The summed E-state index contributed by atoms with van der Waals surface area (Å²) in [5, 5.41) is 15.1. The number of nitrogens with one attached hydrogen (secondary N) is 1. The maximum absolute atomic E-state index is 11.3. The van der Waals surface area contributed by atoms with Crippen LogP contribution in [0.5, 0.6) is 0 Å². The van der Waals surface area contributed by atoms with Crippen molar-refractivity contribution in [3.8, 4) is 0 Å². The highest BCUT2D eigenvalue weighted by Gasteiger charge is 2.18. The average molecular weight is 273 g/mol. The number of anilines is 1. The first-order valence-corrected chi connectivity index (χ1v) is 6.85.